The fourth-order valence-corrected chi connectivity index (χ4v) is 4.52. The zero-order valence-electron chi connectivity index (χ0n) is 18.3. The topological polar surface area (TPSA) is 68.8 Å². The Morgan fingerprint density at radius 1 is 0.875 bits per heavy atom. The van der Waals surface area contributed by atoms with Gasteiger partial charge in [-0.2, -0.15) is 0 Å². The number of nitrogens with zero attached hydrogens (tertiary/aromatic N) is 4. The first-order valence-corrected chi connectivity index (χ1v) is 11.7. The first-order valence-electron chi connectivity index (χ1n) is 11.3. The maximum Gasteiger partial charge on any atom is 0.317 e. The SMILES string of the molecule is O=C(Cc1ccccc1Cl)N1CCN(C(=O)NCc2cccnc2N2CCCCC2)CC1. The molecule has 3 heterocycles. The number of piperidine rings is 1. The van der Waals surface area contributed by atoms with E-state index in [1.807, 2.05) is 41.4 Å². The van der Waals surface area contributed by atoms with Crippen LogP contribution in [-0.4, -0.2) is 66.0 Å². The Bertz CT molecular complexity index is 939. The number of hydrogen-bond donors (Lipinski definition) is 1. The van der Waals surface area contributed by atoms with Gasteiger partial charge in [-0.15, -0.1) is 0 Å². The van der Waals surface area contributed by atoms with Gasteiger partial charge in [0, 0.05) is 62.6 Å². The summed E-state index contributed by atoms with van der Waals surface area (Å²) in [7, 11) is 0. The van der Waals surface area contributed by atoms with Gasteiger partial charge in [0.1, 0.15) is 5.82 Å². The minimum atomic E-state index is -0.100. The van der Waals surface area contributed by atoms with Crippen molar-refractivity contribution in [3.05, 3.63) is 58.7 Å². The zero-order valence-corrected chi connectivity index (χ0v) is 19.1. The van der Waals surface area contributed by atoms with Gasteiger partial charge >= 0.3 is 6.03 Å². The molecule has 1 aromatic heterocycles. The maximum atomic E-state index is 12.7. The molecule has 3 amide bonds. The monoisotopic (exact) mass is 455 g/mol. The molecule has 0 aliphatic carbocycles. The van der Waals surface area contributed by atoms with Crippen molar-refractivity contribution in [3.8, 4) is 0 Å². The first kappa shape index (κ1) is 22.4. The quantitative estimate of drug-likeness (QED) is 0.750. The Hall–Kier alpha value is -2.80. The van der Waals surface area contributed by atoms with E-state index < -0.39 is 0 Å². The van der Waals surface area contributed by atoms with Gasteiger partial charge in [-0.3, -0.25) is 4.79 Å². The smallest absolute Gasteiger partial charge is 0.317 e. The second kappa shape index (κ2) is 10.7. The highest BCUT2D eigenvalue weighted by Gasteiger charge is 2.25. The molecule has 170 valence electrons. The van der Waals surface area contributed by atoms with E-state index >= 15 is 0 Å². The van der Waals surface area contributed by atoms with E-state index in [4.69, 9.17) is 11.6 Å². The molecule has 2 saturated heterocycles. The summed E-state index contributed by atoms with van der Waals surface area (Å²) >= 11 is 6.18. The van der Waals surface area contributed by atoms with Gasteiger partial charge in [0.05, 0.1) is 6.42 Å². The van der Waals surface area contributed by atoms with Crippen molar-refractivity contribution in [2.24, 2.45) is 0 Å². The van der Waals surface area contributed by atoms with Crippen LogP contribution in [0, 0.1) is 0 Å². The van der Waals surface area contributed by atoms with Gasteiger partial charge < -0.3 is 20.0 Å². The molecule has 0 radical (unpaired) electrons. The Balaban J connectivity index is 1.26. The minimum Gasteiger partial charge on any atom is -0.356 e. The number of hydrogen-bond acceptors (Lipinski definition) is 4. The minimum absolute atomic E-state index is 0.0414. The number of pyridine rings is 1. The number of amides is 3. The van der Waals surface area contributed by atoms with Crippen LogP contribution in [0.3, 0.4) is 0 Å². The number of rotatable bonds is 5. The molecular formula is C24H30ClN5O2. The van der Waals surface area contributed by atoms with E-state index in [-0.39, 0.29) is 18.4 Å². The number of nitrogens with one attached hydrogen (secondary N) is 1. The third kappa shape index (κ3) is 5.51. The molecule has 7 nitrogen and oxygen atoms in total. The molecular weight excluding hydrogens is 426 g/mol. The van der Waals surface area contributed by atoms with Crippen molar-refractivity contribution < 1.29 is 9.59 Å². The van der Waals surface area contributed by atoms with Gasteiger partial charge in [-0.25, -0.2) is 9.78 Å². The highest BCUT2D eigenvalue weighted by atomic mass is 35.5. The molecule has 4 rings (SSSR count). The molecule has 0 spiro atoms. The molecule has 0 atom stereocenters. The van der Waals surface area contributed by atoms with Gasteiger partial charge in [0.25, 0.3) is 0 Å². The summed E-state index contributed by atoms with van der Waals surface area (Å²) in [4.78, 5) is 35.8. The van der Waals surface area contributed by atoms with Gasteiger partial charge in [0.2, 0.25) is 5.91 Å². The number of carbonyl (C=O) groups excluding carboxylic acids is 2. The van der Waals surface area contributed by atoms with E-state index in [9.17, 15) is 9.59 Å². The summed E-state index contributed by atoms with van der Waals surface area (Å²) in [6, 6.07) is 11.3. The number of piperazine rings is 1. The lowest BCUT2D eigenvalue weighted by Gasteiger charge is -2.35. The van der Waals surface area contributed by atoms with Gasteiger partial charge in [-0.05, 0) is 37.0 Å². The standard InChI is InChI=1S/C24H30ClN5O2/c25-21-9-3-2-7-19(21)17-22(31)28-13-15-30(16-14-28)24(32)27-18-20-8-6-10-26-23(20)29-11-4-1-5-12-29/h2-3,6-10H,1,4-5,11-18H2,(H,27,32). The zero-order chi connectivity index (χ0) is 22.3. The number of benzene rings is 1. The van der Waals surface area contributed by atoms with Crippen molar-refractivity contribution in [2.75, 3.05) is 44.2 Å². The Morgan fingerprint density at radius 3 is 2.31 bits per heavy atom. The summed E-state index contributed by atoms with van der Waals surface area (Å²) in [6.45, 7) is 4.58. The van der Waals surface area contributed by atoms with Crippen LogP contribution < -0.4 is 10.2 Å². The van der Waals surface area contributed by atoms with Crippen LogP contribution in [0.5, 0.6) is 0 Å². The van der Waals surface area contributed by atoms with Crippen LogP contribution in [0.2, 0.25) is 5.02 Å². The lowest BCUT2D eigenvalue weighted by molar-refractivity contribution is -0.131. The van der Waals surface area contributed by atoms with E-state index in [0.29, 0.717) is 37.7 Å². The van der Waals surface area contributed by atoms with Crippen molar-refractivity contribution in [1.29, 1.82) is 0 Å². The Kier molecular flexibility index (Phi) is 7.47. The fourth-order valence-electron chi connectivity index (χ4n) is 4.32. The van der Waals surface area contributed by atoms with Gasteiger partial charge in [-0.1, -0.05) is 35.9 Å². The lowest BCUT2D eigenvalue weighted by atomic mass is 10.1. The van der Waals surface area contributed by atoms with Crippen LogP contribution in [0.15, 0.2) is 42.6 Å². The van der Waals surface area contributed by atoms with Crippen LogP contribution in [0.1, 0.15) is 30.4 Å². The highest BCUT2D eigenvalue weighted by Crippen LogP contribution is 2.21. The predicted octanol–water partition coefficient (Wildman–Crippen LogP) is 3.32. The molecule has 0 unspecified atom stereocenters. The normalized spacial score (nSPS) is 16.7. The molecule has 2 fully saturated rings. The van der Waals surface area contributed by atoms with Gasteiger partial charge in [0.15, 0.2) is 0 Å². The third-order valence-corrected chi connectivity index (χ3v) is 6.54. The van der Waals surface area contributed by atoms with Crippen molar-refractivity contribution in [3.63, 3.8) is 0 Å². The maximum absolute atomic E-state index is 12.7. The van der Waals surface area contributed by atoms with Crippen LogP contribution in [0.25, 0.3) is 0 Å². The summed E-state index contributed by atoms with van der Waals surface area (Å²) in [6.07, 6.45) is 5.73. The van der Waals surface area contributed by atoms with Crippen molar-refractivity contribution in [1.82, 2.24) is 20.1 Å². The fraction of sp³-hybridized carbons (Fsp3) is 0.458. The average Bonchev–Trinajstić information content (AvgIpc) is 2.85. The average molecular weight is 456 g/mol. The van der Waals surface area contributed by atoms with E-state index in [1.54, 1.807) is 11.0 Å². The van der Waals surface area contributed by atoms with Crippen LogP contribution in [-0.2, 0) is 17.8 Å². The van der Waals surface area contributed by atoms with Crippen molar-refractivity contribution in [2.45, 2.75) is 32.2 Å². The predicted molar refractivity (Wildman–Crippen MR) is 126 cm³/mol. The molecule has 32 heavy (non-hydrogen) atoms. The highest BCUT2D eigenvalue weighted by molar-refractivity contribution is 6.31. The second-order valence-electron chi connectivity index (χ2n) is 8.33. The molecule has 8 heteroatoms. The van der Waals surface area contributed by atoms with Crippen LogP contribution in [0.4, 0.5) is 10.6 Å². The number of anilines is 1. The molecule has 0 bridgehead atoms. The summed E-state index contributed by atoms with van der Waals surface area (Å²) < 4.78 is 0. The molecule has 1 aromatic carbocycles. The molecule has 2 aromatic rings. The molecule has 2 aliphatic heterocycles. The van der Waals surface area contributed by atoms with E-state index in [1.165, 1.54) is 19.3 Å². The van der Waals surface area contributed by atoms with E-state index in [2.05, 4.69) is 15.2 Å². The van der Waals surface area contributed by atoms with Crippen molar-refractivity contribution >= 4 is 29.4 Å². The van der Waals surface area contributed by atoms with E-state index in [0.717, 1.165) is 30.0 Å². The first-order chi connectivity index (χ1) is 15.6. The number of aromatic nitrogens is 1. The number of urea groups is 1. The third-order valence-electron chi connectivity index (χ3n) is 6.17. The summed E-state index contributed by atoms with van der Waals surface area (Å²) in [5.41, 5.74) is 1.87. The Labute approximate surface area is 194 Å². The molecule has 2 aliphatic rings. The number of carbonyl (C=O) groups is 2. The summed E-state index contributed by atoms with van der Waals surface area (Å²) in [5, 5.41) is 3.65. The Morgan fingerprint density at radius 2 is 1.56 bits per heavy atom. The largest absolute Gasteiger partial charge is 0.356 e. The number of halogens is 1. The molecule has 0 saturated carbocycles. The lowest BCUT2D eigenvalue weighted by Crippen LogP contribution is -2.53. The second-order valence-corrected chi connectivity index (χ2v) is 8.74. The summed E-state index contributed by atoms with van der Waals surface area (Å²) in [5.74, 6) is 1.02. The molecule has 1 N–H and O–H groups in total. The van der Waals surface area contributed by atoms with Crippen LogP contribution >= 0.6 is 11.6 Å².